The lowest BCUT2D eigenvalue weighted by atomic mass is 9.62. The fourth-order valence-electron chi connectivity index (χ4n) is 3.95. The molecule has 1 aromatic carbocycles. The molecule has 0 spiro atoms. The molecule has 2 saturated heterocycles. The molecular weight excluding hydrogens is 296 g/mol. The van der Waals surface area contributed by atoms with Gasteiger partial charge in [0.1, 0.15) is 5.60 Å². The summed E-state index contributed by atoms with van der Waals surface area (Å²) in [5, 5.41) is 0. The summed E-state index contributed by atoms with van der Waals surface area (Å²) in [4.78, 5) is 12.3. The molecule has 5 nitrogen and oxygen atoms in total. The first-order valence-corrected chi connectivity index (χ1v) is 7.96. The predicted octanol–water partition coefficient (Wildman–Crippen LogP) is 3.16. The summed E-state index contributed by atoms with van der Waals surface area (Å²) in [5.74, 6) is 2.12. The second-order valence-corrected chi connectivity index (χ2v) is 6.75. The number of benzene rings is 1. The highest BCUT2D eigenvalue weighted by Crippen LogP contribution is 2.54. The Morgan fingerprint density at radius 2 is 1.70 bits per heavy atom. The van der Waals surface area contributed by atoms with Gasteiger partial charge < -0.3 is 18.9 Å². The van der Waals surface area contributed by atoms with Crippen molar-refractivity contribution >= 4 is 5.97 Å². The summed E-state index contributed by atoms with van der Waals surface area (Å²) in [6.45, 7) is 4.20. The number of rotatable bonds is 4. The molecule has 0 N–H and O–H groups in total. The third-order valence-electron chi connectivity index (χ3n) is 5.51. The van der Waals surface area contributed by atoms with Crippen molar-refractivity contribution in [3.63, 3.8) is 0 Å². The third-order valence-corrected chi connectivity index (χ3v) is 5.51. The van der Waals surface area contributed by atoms with Crippen LogP contribution in [0.2, 0.25) is 0 Å². The molecule has 3 aliphatic rings. The lowest BCUT2D eigenvalue weighted by Gasteiger charge is -2.51. The molecule has 0 aromatic heterocycles. The molecule has 23 heavy (non-hydrogen) atoms. The summed E-state index contributed by atoms with van der Waals surface area (Å²) in [6, 6.07) is 3.90. The van der Waals surface area contributed by atoms with Crippen molar-refractivity contribution in [2.24, 2.45) is 11.8 Å². The van der Waals surface area contributed by atoms with E-state index in [9.17, 15) is 4.79 Å². The maximum atomic E-state index is 12.3. The van der Waals surface area contributed by atoms with Crippen molar-refractivity contribution in [2.45, 2.75) is 38.2 Å². The van der Waals surface area contributed by atoms with Crippen LogP contribution in [0.4, 0.5) is 0 Å². The first-order valence-electron chi connectivity index (χ1n) is 7.96. The molecule has 1 aliphatic carbocycles. The lowest BCUT2D eigenvalue weighted by Crippen LogP contribution is -2.54. The number of fused-ring (bicyclic) bond motifs is 3. The molecule has 126 valence electrons. The maximum Gasteiger partial charge on any atom is 0.310 e. The highest BCUT2D eigenvalue weighted by molar-refractivity contribution is 5.76. The van der Waals surface area contributed by atoms with E-state index < -0.39 is 5.60 Å². The second-order valence-electron chi connectivity index (χ2n) is 6.75. The minimum atomic E-state index is -0.392. The van der Waals surface area contributed by atoms with Crippen LogP contribution in [0.5, 0.6) is 17.2 Å². The van der Waals surface area contributed by atoms with Gasteiger partial charge in [0.2, 0.25) is 5.75 Å². The zero-order valence-corrected chi connectivity index (χ0v) is 14.3. The number of hydrogen-bond acceptors (Lipinski definition) is 5. The minimum Gasteiger partial charge on any atom is -0.493 e. The fraction of sp³-hybridized carbons (Fsp3) is 0.611. The average molecular weight is 320 g/mol. The Balaban J connectivity index is 2.04. The Morgan fingerprint density at radius 3 is 2.17 bits per heavy atom. The lowest BCUT2D eigenvalue weighted by molar-refractivity contribution is -0.198. The highest BCUT2D eigenvalue weighted by Gasteiger charge is 2.54. The van der Waals surface area contributed by atoms with Crippen LogP contribution in [0.1, 0.15) is 38.2 Å². The van der Waals surface area contributed by atoms with Crippen molar-refractivity contribution in [3.05, 3.63) is 17.7 Å². The second kappa shape index (κ2) is 5.62. The topological polar surface area (TPSA) is 54.0 Å². The van der Waals surface area contributed by atoms with Crippen molar-refractivity contribution in [2.75, 3.05) is 21.3 Å². The number of carbonyl (C=O) groups is 1. The van der Waals surface area contributed by atoms with E-state index in [1.54, 1.807) is 21.3 Å². The van der Waals surface area contributed by atoms with Gasteiger partial charge in [0.25, 0.3) is 0 Å². The number of carbonyl (C=O) groups excluding carboxylic acids is 1. The molecular formula is C18H24O5. The Bertz CT molecular complexity index is 601. The van der Waals surface area contributed by atoms with Gasteiger partial charge in [-0.2, -0.15) is 0 Å². The maximum absolute atomic E-state index is 12.3. The predicted molar refractivity (Wildman–Crippen MR) is 85.2 cm³/mol. The van der Waals surface area contributed by atoms with Crippen molar-refractivity contribution in [1.29, 1.82) is 0 Å². The van der Waals surface area contributed by atoms with Crippen molar-refractivity contribution in [3.8, 4) is 17.2 Å². The van der Waals surface area contributed by atoms with Crippen LogP contribution < -0.4 is 14.2 Å². The molecule has 1 saturated carbocycles. The monoisotopic (exact) mass is 320 g/mol. The van der Waals surface area contributed by atoms with E-state index in [4.69, 9.17) is 18.9 Å². The van der Waals surface area contributed by atoms with E-state index in [1.807, 2.05) is 19.1 Å². The van der Waals surface area contributed by atoms with E-state index in [0.717, 1.165) is 18.4 Å². The number of methoxy groups -OCH3 is 3. The zero-order chi connectivity index (χ0) is 16.8. The summed E-state index contributed by atoms with van der Waals surface area (Å²) in [5.41, 5.74) is 0.649. The van der Waals surface area contributed by atoms with E-state index in [2.05, 4.69) is 6.92 Å². The van der Waals surface area contributed by atoms with Gasteiger partial charge in [-0.3, -0.25) is 4.79 Å². The Labute approximate surface area is 136 Å². The Morgan fingerprint density at radius 1 is 1.09 bits per heavy atom. The molecule has 4 atom stereocenters. The van der Waals surface area contributed by atoms with Gasteiger partial charge in [-0.1, -0.05) is 6.92 Å². The van der Waals surface area contributed by atoms with Crippen molar-refractivity contribution < 1.29 is 23.7 Å². The summed E-state index contributed by atoms with van der Waals surface area (Å²) >= 11 is 0. The van der Waals surface area contributed by atoms with Crippen LogP contribution in [0, 0.1) is 11.8 Å². The van der Waals surface area contributed by atoms with Crippen LogP contribution in [0.25, 0.3) is 0 Å². The summed E-state index contributed by atoms with van der Waals surface area (Å²) < 4.78 is 21.9. The van der Waals surface area contributed by atoms with E-state index in [-0.39, 0.29) is 17.8 Å². The first-order chi connectivity index (χ1) is 10.9. The molecule has 2 bridgehead atoms. The van der Waals surface area contributed by atoms with E-state index >= 15 is 0 Å². The number of hydrogen-bond donors (Lipinski definition) is 0. The van der Waals surface area contributed by atoms with Gasteiger partial charge >= 0.3 is 5.97 Å². The molecule has 1 aromatic rings. The smallest absolute Gasteiger partial charge is 0.310 e. The molecule has 4 rings (SSSR count). The molecule has 2 heterocycles. The highest BCUT2D eigenvalue weighted by atomic mass is 16.6. The van der Waals surface area contributed by atoms with Gasteiger partial charge in [-0.05, 0) is 43.4 Å². The number of esters is 1. The fourth-order valence-corrected chi connectivity index (χ4v) is 3.95. The van der Waals surface area contributed by atoms with Gasteiger partial charge in [-0.15, -0.1) is 0 Å². The average Bonchev–Trinajstić information content (AvgIpc) is 2.54. The van der Waals surface area contributed by atoms with Crippen LogP contribution in [0.3, 0.4) is 0 Å². The van der Waals surface area contributed by atoms with E-state index in [0.29, 0.717) is 23.2 Å². The number of ether oxygens (including phenoxy) is 4. The van der Waals surface area contributed by atoms with Crippen LogP contribution in [-0.4, -0.2) is 32.9 Å². The minimum absolute atomic E-state index is 0.0874. The van der Waals surface area contributed by atoms with Crippen LogP contribution in [-0.2, 0) is 9.53 Å². The molecule has 3 fully saturated rings. The standard InChI is InChI=1S/C18H24O5/c1-10-6-12-13(9-18(10,2)23-17(12)19)11-7-14(20-3)16(22-5)15(8-11)21-4/h7-8,10,12-13H,6,9H2,1-5H3/t10?,12?,13-,18?/m0/s1. The molecule has 5 heteroatoms. The van der Waals surface area contributed by atoms with Gasteiger partial charge in [-0.25, -0.2) is 0 Å². The first kappa shape index (κ1) is 16.0. The normalized spacial score (nSPS) is 32.4. The molecule has 0 radical (unpaired) electrons. The van der Waals surface area contributed by atoms with Crippen LogP contribution in [0.15, 0.2) is 12.1 Å². The van der Waals surface area contributed by atoms with Gasteiger partial charge in [0.05, 0.1) is 27.2 Å². The molecule has 2 aliphatic heterocycles. The van der Waals surface area contributed by atoms with Gasteiger partial charge in [0, 0.05) is 5.92 Å². The molecule has 0 amide bonds. The summed E-state index contributed by atoms with van der Waals surface area (Å²) in [6.07, 6.45) is 1.68. The third kappa shape index (κ3) is 2.42. The zero-order valence-electron chi connectivity index (χ0n) is 14.3. The Kier molecular flexibility index (Phi) is 3.90. The summed E-state index contributed by atoms with van der Waals surface area (Å²) in [7, 11) is 4.79. The van der Waals surface area contributed by atoms with E-state index in [1.165, 1.54) is 0 Å². The molecule has 3 unspecified atom stereocenters. The van der Waals surface area contributed by atoms with Gasteiger partial charge in [0.15, 0.2) is 11.5 Å². The quantitative estimate of drug-likeness (QED) is 0.798. The largest absolute Gasteiger partial charge is 0.493 e. The van der Waals surface area contributed by atoms with Crippen molar-refractivity contribution in [1.82, 2.24) is 0 Å². The Hall–Kier alpha value is -1.91. The SMILES string of the molecule is COc1cc([C@@H]2CC3(C)OC(=O)C2CC3C)cc(OC)c1OC. The van der Waals surface area contributed by atoms with Crippen LogP contribution >= 0.6 is 0 Å².